The third-order valence-corrected chi connectivity index (χ3v) is 10.6. The molecule has 0 aromatic heterocycles. The summed E-state index contributed by atoms with van der Waals surface area (Å²) in [5.74, 6) is 3.77. The first-order chi connectivity index (χ1) is 13.4. The van der Waals surface area contributed by atoms with Gasteiger partial charge in [-0.15, -0.1) is 0 Å². The lowest BCUT2D eigenvalue weighted by Crippen LogP contribution is -2.74. The summed E-state index contributed by atoms with van der Waals surface area (Å²) in [5, 5.41) is 3.91. The Labute approximate surface area is 176 Å². The van der Waals surface area contributed by atoms with Crippen molar-refractivity contribution in [1.29, 1.82) is 0 Å². The van der Waals surface area contributed by atoms with Gasteiger partial charge in [-0.1, -0.05) is 36.6 Å². The Kier molecular flexibility index (Phi) is 4.14. The fourth-order valence-electron chi connectivity index (χ4n) is 9.82. The zero-order chi connectivity index (χ0) is 19.3. The highest BCUT2D eigenvalue weighted by molar-refractivity contribution is 6.20. The Morgan fingerprint density at radius 3 is 2.54 bits per heavy atom. The van der Waals surface area contributed by atoms with E-state index in [1.54, 1.807) is 0 Å². The van der Waals surface area contributed by atoms with Crippen LogP contribution in [-0.4, -0.2) is 41.9 Å². The van der Waals surface area contributed by atoms with E-state index in [2.05, 4.69) is 35.8 Å². The molecule has 1 aliphatic heterocycles. The molecule has 0 radical (unpaired) electrons. The minimum Gasteiger partial charge on any atom is -0.274 e. The number of halogens is 1. The predicted molar refractivity (Wildman–Crippen MR) is 115 cm³/mol. The normalized spacial score (nSPS) is 56.5. The van der Waals surface area contributed by atoms with Gasteiger partial charge in [0, 0.05) is 10.8 Å². The Balaban J connectivity index is 1.37. The Morgan fingerprint density at radius 2 is 1.79 bits per heavy atom. The van der Waals surface area contributed by atoms with Gasteiger partial charge in [-0.2, -0.15) is 0 Å². The second-order valence-electron chi connectivity index (χ2n) is 11.8. The molecular formula is C24H38ClN3. The molecule has 156 valence electrons. The standard InChI is InChI=1S/C24H38ClN3/c1-15-7-16-5-4-6-23(11-15,12-16)21-27(2)20(26-22(25)28(21)3)24-13-17-8-18(14-24)10-19(24)9-17/h16-22,26H,1,4-14H2,2-3H3. The maximum Gasteiger partial charge on any atom is 0.140 e. The summed E-state index contributed by atoms with van der Waals surface area (Å²) in [6.07, 6.45) is 16.2. The molecule has 6 saturated carbocycles. The molecule has 7 fully saturated rings. The number of rotatable bonds is 2. The summed E-state index contributed by atoms with van der Waals surface area (Å²) in [7, 11) is 4.68. The molecule has 7 unspecified atom stereocenters. The number of nitrogens with one attached hydrogen (secondary N) is 1. The highest BCUT2D eigenvalue weighted by atomic mass is 35.5. The van der Waals surface area contributed by atoms with Gasteiger partial charge in [-0.25, -0.2) is 0 Å². The van der Waals surface area contributed by atoms with Gasteiger partial charge in [-0.05, 0) is 95.6 Å². The smallest absolute Gasteiger partial charge is 0.140 e. The number of alkyl halides is 1. The predicted octanol–water partition coefficient (Wildman–Crippen LogP) is 4.98. The summed E-state index contributed by atoms with van der Waals surface area (Å²) in [4.78, 5) is 5.22. The van der Waals surface area contributed by atoms with Crippen LogP contribution in [0.15, 0.2) is 12.2 Å². The van der Waals surface area contributed by atoms with E-state index in [-0.39, 0.29) is 5.62 Å². The lowest BCUT2D eigenvalue weighted by atomic mass is 9.58. The van der Waals surface area contributed by atoms with E-state index < -0.39 is 0 Å². The monoisotopic (exact) mass is 403 g/mol. The molecule has 0 aromatic carbocycles. The van der Waals surface area contributed by atoms with Crippen LogP contribution in [0, 0.1) is 34.5 Å². The zero-order valence-corrected chi connectivity index (χ0v) is 18.6. The molecule has 0 aromatic rings. The highest BCUT2D eigenvalue weighted by Gasteiger charge is 2.64. The Hall–Kier alpha value is -0.0900. The van der Waals surface area contributed by atoms with Crippen LogP contribution in [0.25, 0.3) is 0 Å². The third-order valence-electron chi connectivity index (χ3n) is 10.1. The van der Waals surface area contributed by atoms with Crippen LogP contribution in [-0.2, 0) is 0 Å². The first-order valence-corrected chi connectivity index (χ1v) is 12.3. The Morgan fingerprint density at radius 1 is 1.04 bits per heavy atom. The molecule has 0 spiro atoms. The second-order valence-corrected chi connectivity index (χ2v) is 12.3. The number of hydrogen-bond acceptors (Lipinski definition) is 3. The summed E-state index contributed by atoms with van der Waals surface area (Å²) < 4.78 is 0. The van der Waals surface area contributed by atoms with E-state index >= 15 is 0 Å². The molecule has 4 heteroatoms. The van der Waals surface area contributed by atoms with Crippen molar-refractivity contribution in [2.75, 3.05) is 14.1 Å². The van der Waals surface area contributed by atoms with Crippen LogP contribution in [0.2, 0.25) is 0 Å². The van der Waals surface area contributed by atoms with Gasteiger partial charge in [0.05, 0.1) is 12.3 Å². The second kappa shape index (κ2) is 6.22. The van der Waals surface area contributed by atoms with Gasteiger partial charge in [-0.3, -0.25) is 15.1 Å². The lowest BCUT2D eigenvalue weighted by molar-refractivity contribution is -0.159. The van der Waals surface area contributed by atoms with Crippen LogP contribution in [0.5, 0.6) is 0 Å². The van der Waals surface area contributed by atoms with Crippen LogP contribution in [0.4, 0.5) is 0 Å². The largest absolute Gasteiger partial charge is 0.274 e. The topological polar surface area (TPSA) is 18.5 Å². The fraction of sp³-hybridized carbons (Fsp3) is 0.917. The van der Waals surface area contributed by atoms with Gasteiger partial charge in [0.15, 0.2) is 0 Å². The van der Waals surface area contributed by atoms with Gasteiger partial charge in [0.2, 0.25) is 0 Å². The molecule has 7 rings (SSSR count). The molecule has 7 aliphatic rings. The summed E-state index contributed by atoms with van der Waals surface area (Å²) >= 11 is 7.03. The molecule has 1 N–H and O–H groups in total. The molecule has 3 nitrogen and oxygen atoms in total. The van der Waals surface area contributed by atoms with Gasteiger partial charge < -0.3 is 0 Å². The zero-order valence-electron chi connectivity index (χ0n) is 17.8. The van der Waals surface area contributed by atoms with Crippen molar-refractivity contribution in [3.8, 4) is 0 Å². The van der Waals surface area contributed by atoms with Crippen molar-refractivity contribution in [2.45, 2.75) is 88.6 Å². The quantitative estimate of drug-likeness (QED) is 0.398. The van der Waals surface area contributed by atoms with Crippen molar-refractivity contribution >= 4 is 11.6 Å². The van der Waals surface area contributed by atoms with Crippen molar-refractivity contribution in [1.82, 2.24) is 15.1 Å². The molecule has 28 heavy (non-hydrogen) atoms. The molecule has 6 aliphatic carbocycles. The van der Waals surface area contributed by atoms with Gasteiger partial charge in [0.25, 0.3) is 0 Å². The number of nitrogens with zero attached hydrogens (tertiary/aromatic N) is 2. The minimum absolute atomic E-state index is 0.0521. The van der Waals surface area contributed by atoms with Crippen molar-refractivity contribution in [3.05, 3.63) is 12.2 Å². The molecule has 1 saturated heterocycles. The lowest BCUT2D eigenvalue weighted by Gasteiger charge is -2.62. The van der Waals surface area contributed by atoms with Crippen LogP contribution in [0.3, 0.4) is 0 Å². The molecular weight excluding hydrogens is 366 g/mol. The van der Waals surface area contributed by atoms with Crippen LogP contribution >= 0.6 is 11.6 Å². The third kappa shape index (κ3) is 2.46. The van der Waals surface area contributed by atoms with E-state index in [0.29, 0.717) is 23.2 Å². The van der Waals surface area contributed by atoms with Crippen molar-refractivity contribution in [3.63, 3.8) is 0 Å². The first-order valence-electron chi connectivity index (χ1n) is 11.9. The molecule has 7 atom stereocenters. The van der Waals surface area contributed by atoms with E-state index in [1.165, 1.54) is 76.2 Å². The number of allylic oxidation sites excluding steroid dienone is 1. The highest BCUT2D eigenvalue weighted by Crippen LogP contribution is 2.68. The van der Waals surface area contributed by atoms with Gasteiger partial charge >= 0.3 is 0 Å². The SMILES string of the molecule is C=C1CC2CCCC(C3N(C)C(Cl)NC(C45CC6CC(CC4C6)C5)N3C)(C1)C2. The van der Waals surface area contributed by atoms with E-state index in [9.17, 15) is 0 Å². The Bertz CT molecular complexity index is 665. The van der Waals surface area contributed by atoms with E-state index in [1.807, 2.05) is 0 Å². The molecule has 6 bridgehead atoms. The molecule has 0 amide bonds. The van der Waals surface area contributed by atoms with Gasteiger partial charge in [0.1, 0.15) is 5.62 Å². The summed E-state index contributed by atoms with van der Waals surface area (Å²) in [5.41, 5.74) is 2.27. The molecule has 1 heterocycles. The van der Waals surface area contributed by atoms with Crippen LogP contribution in [0.1, 0.15) is 70.6 Å². The van der Waals surface area contributed by atoms with E-state index in [0.717, 1.165) is 23.7 Å². The average Bonchev–Trinajstić information content (AvgIpc) is 3.02. The number of fused-ring (bicyclic) bond motifs is 2. The van der Waals surface area contributed by atoms with Crippen LogP contribution < -0.4 is 5.32 Å². The van der Waals surface area contributed by atoms with Crippen molar-refractivity contribution in [2.24, 2.45) is 34.5 Å². The summed E-state index contributed by atoms with van der Waals surface area (Å²) in [6, 6.07) is 0. The van der Waals surface area contributed by atoms with E-state index in [4.69, 9.17) is 11.6 Å². The maximum atomic E-state index is 7.03. The first kappa shape index (κ1) is 18.7. The fourth-order valence-corrected chi connectivity index (χ4v) is 10.0. The summed E-state index contributed by atoms with van der Waals surface area (Å²) in [6.45, 7) is 4.48. The minimum atomic E-state index is -0.0521. The average molecular weight is 404 g/mol. The maximum absolute atomic E-state index is 7.03. The number of hydrogen-bond donors (Lipinski definition) is 1. The van der Waals surface area contributed by atoms with Crippen molar-refractivity contribution < 1.29 is 0 Å².